The Balaban J connectivity index is 1.71. The van der Waals surface area contributed by atoms with E-state index in [0.29, 0.717) is 18.9 Å². The lowest BCUT2D eigenvalue weighted by Crippen LogP contribution is -2.65. The molecule has 1 atom stereocenters. The van der Waals surface area contributed by atoms with E-state index in [9.17, 15) is 9.59 Å². The van der Waals surface area contributed by atoms with Crippen molar-refractivity contribution < 1.29 is 9.59 Å². The fraction of sp³-hybridized carbons (Fsp3) is 0.571. The summed E-state index contributed by atoms with van der Waals surface area (Å²) in [6.07, 6.45) is 6.43. The van der Waals surface area contributed by atoms with E-state index in [2.05, 4.69) is 10.3 Å². The molecule has 6 nitrogen and oxygen atoms in total. The molecule has 2 aliphatic rings. The smallest absolute Gasteiger partial charge is 0.290 e. The van der Waals surface area contributed by atoms with Gasteiger partial charge in [-0.25, -0.2) is 4.98 Å². The zero-order chi connectivity index (χ0) is 19.0. The van der Waals surface area contributed by atoms with Crippen LogP contribution in [0.1, 0.15) is 63.0 Å². The number of aromatic nitrogens is 2. The minimum Gasteiger partial charge on any atom is -0.351 e. The molecule has 1 aliphatic heterocycles. The van der Waals surface area contributed by atoms with Crippen molar-refractivity contribution in [3.63, 3.8) is 0 Å². The van der Waals surface area contributed by atoms with Crippen LogP contribution in [0.5, 0.6) is 0 Å². The maximum Gasteiger partial charge on any atom is 0.290 e. The molecule has 1 aromatic heterocycles. The summed E-state index contributed by atoms with van der Waals surface area (Å²) >= 11 is 0. The van der Waals surface area contributed by atoms with Crippen LogP contribution in [0.3, 0.4) is 0 Å². The second kappa shape index (κ2) is 6.98. The highest BCUT2D eigenvalue weighted by Crippen LogP contribution is 2.31. The molecular formula is C21H28N4O2. The number of carbonyl (C=O) groups is 2. The quantitative estimate of drug-likeness (QED) is 0.902. The number of benzene rings is 1. The third-order valence-electron chi connectivity index (χ3n) is 6.03. The van der Waals surface area contributed by atoms with Crippen LogP contribution in [-0.2, 0) is 11.3 Å². The number of hydrogen-bond donors (Lipinski definition) is 1. The second-order valence-electron chi connectivity index (χ2n) is 8.05. The largest absolute Gasteiger partial charge is 0.351 e. The van der Waals surface area contributed by atoms with E-state index < -0.39 is 5.54 Å². The molecule has 144 valence electrons. The molecule has 1 aromatic carbocycles. The molecule has 4 rings (SSSR count). The zero-order valence-corrected chi connectivity index (χ0v) is 16.2. The Hall–Kier alpha value is -2.37. The summed E-state index contributed by atoms with van der Waals surface area (Å²) in [5, 5.41) is 3.24. The lowest BCUT2D eigenvalue weighted by Gasteiger charge is -2.44. The molecule has 0 spiro atoms. The van der Waals surface area contributed by atoms with E-state index in [1.807, 2.05) is 42.7 Å². The van der Waals surface area contributed by atoms with Gasteiger partial charge in [0.05, 0.1) is 17.6 Å². The highest BCUT2D eigenvalue weighted by Gasteiger charge is 2.48. The zero-order valence-electron chi connectivity index (χ0n) is 16.2. The molecule has 2 amide bonds. The summed E-state index contributed by atoms with van der Waals surface area (Å²) in [6, 6.07) is 7.97. The first-order chi connectivity index (χ1) is 13.0. The van der Waals surface area contributed by atoms with Crippen LogP contribution in [0.15, 0.2) is 24.3 Å². The minimum atomic E-state index is -0.902. The Morgan fingerprint density at radius 1 is 1.26 bits per heavy atom. The van der Waals surface area contributed by atoms with Crippen molar-refractivity contribution in [1.82, 2.24) is 19.8 Å². The summed E-state index contributed by atoms with van der Waals surface area (Å²) in [7, 11) is 0. The number of nitrogens with zero attached hydrogens (tertiary/aromatic N) is 3. The molecule has 0 saturated heterocycles. The van der Waals surface area contributed by atoms with Crippen molar-refractivity contribution in [2.45, 2.75) is 70.5 Å². The Bertz CT molecular complexity index is 868. The Morgan fingerprint density at radius 3 is 2.74 bits per heavy atom. The summed E-state index contributed by atoms with van der Waals surface area (Å²) in [5.41, 5.74) is 0.809. The molecule has 1 fully saturated rings. The first kappa shape index (κ1) is 18.0. The van der Waals surface area contributed by atoms with Crippen LogP contribution >= 0.6 is 0 Å². The first-order valence-corrected chi connectivity index (χ1v) is 10.1. The van der Waals surface area contributed by atoms with Crippen molar-refractivity contribution >= 4 is 22.8 Å². The highest BCUT2D eigenvalue weighted by atomic mass is 16.2. The normalized spacial score (nSPS) is 23.5. The van der Waals surface area contributed by atoms with Gasteiger partial charge in [-0.3, -0.25) is 9.59 Å². The van der Waals surface area contributed by atoms with Crippen LogP contribution in [0.4, 0.5) is 0 Å². The van der Waals surface area contributed by atoms with E-state index in [1.54, 1.807) is 4.90 Å². The van der Waals surface area contributed by atoms with Crippen LogP contribution < -0.4 is 5.32 Å². The summed E-state index contributed by atoms with van der Waals surface area (Å²) in [6.45, 7) is 4.92. The highest BCUT2D eigenvalue weighted by molar-refractivity contribution is 6.01. The van der Waals surface area contributed by atoms with E-state index in [4.69, 9.17) is 0 Å². The third-order valence-corrected chi connectivity index (χ3v) is 6.03. The maximum atomic E-state index is 13.3. The Morgan fingerprint density at radius 2 is 2.00 bits per heavy atom. The third kappa shape index (κ3) is 3.01. The van der Waals surface area contributed by atoms with Gasteiger partial charge in [0.1, 0.15) is 5.54 Å². The average Bonchev–Trinajstić information content (AvgIpc) is 3.04. The molecule has 1 saturated carbocycles. The van der Waals surface area contributed by atoms with Gasteiger partial charge < -0.3 is 14.8 Å². The molecular weight excluding hydrogens is 340 g/mol. The van der Waals surface area contributed by atoms with Gasteiger partial charge in [0, 0.05) is 12.6 Å². The number of para-hydroxylation sites is 2. The van der Waals surface area contributed by atoms with Gasteiger partial charge in [0.15, 0.2) is 5.82 Å². The van der Waals surface area contributed by atoms with Gasteiger partial charge >= 0.3 is 0 Å². The molecule has 1 unspecified atom stereocenters. The van der Waals surface area contributed by atoms with Crippen molar-refractivity contribution in [2.75, 3.05) is 6.54 Å². The van der Waals surface area contributed by atoms with Gasteiger partial charge in [-0.05, 0) is 38.3 Å². The van der Waals surface area contributed by atoms with Gasteiger partial charge in [0.25, 0.3) is 5.91 Å². The minimum absolute atomic E-state index is 0.0420. The van der Waals surface area contributed by atoms with Crippen LogP contribution in [0.25, 0.3) is 11.0 Å². The molecule has 1 aliphatic carbocycles. The fourth-order valence-electron chi connectivity index (χ4n) is 4.49. The van der Waals surface area contributed by atoms with Gasteiger partial charge in [-0.15, -0.1) is 0 Å². The van der Waals surface area contributed by atoms with E-state index in [0.717, 1.165) is 43.1 Å². The summed E-state index contributed by atoms with van der Waals surface area (Å²) in [5.74, 6) is 0.243. The number of amides is 2. The number of rotatable bonds is 4. The van der Waals surface area contributed by atoms with E-state index in [-0.39, 0.29) is 17.9 Å². The molecule has 2 aromatic rings. The summed E-state index contributed by atoms with van der Waals surface area (Å²) in [4.78, 5) is 32.9. The number of nitrogens with one attached hydrogen (secondary N) is 1. The number of hydrogen-bond acceptors (Lipinski definition) is 3. The second-order valence-corrected chi connectivity index (χ2v) is 8.05. The Kier molecular flexibility index (Phi) is 4.66. The molecule has 0 radical (unpaired) electrons. The number of carbonyl (C=O) groups excluding carboxylic acids is 2. The van der Waals surface area contributed by atoms with Gasteiger partial charge in [-0.1, -0.05) is 38.3 Å². The van der Waals surface area contributed by atoms with Crippen LogP contribution in [0.2, 0.25) is 0 Å². The van der Waals surface area contributed by atoms with Gasteiger partial charge in [0.2, 0.25) is 5.91 Å². The predicted octanol–water partition coefficient (Wildman–Crippen LogP) is 3.11. The predicted molar refractivity (Wildman–Crippen MR) is 104 cm³/mol. The topological polar surface area (TPSA) is 67.2 Å². The van der Waals surface area contributed by atoms with Crippen molar-refractivity contribution in [2.24, 2.45) is 0 Å². The number of imidazole rings is 1. The SMILES string of the molecule is CCCN1C(=O)c2nc3ccccc3n2CC1(C)C(=O)NC1CCCCC1. The molecule has 6 heteroatoms. The monoisotopic (exact) mass is 368 g/mol. The summed E-state index contributed by atoms with van der Waals surface area (Å²) < 4.78 is 1.92. The number of fused-ring (bicyclic) bond motifs is 3. The first-order valence-electron chi connectivity index (χ1n) is 10.1. The van der Waals surface area contributed by atoms with E-state index >= 15 is 0 Å². The van der Waals surface area contributed by atoms with Crippen molar-refractivity contribution in [3.05, 3.63) is 30.1 Å². The van der Waals surface area contributed by atoms with Crippen LogP contribution in [-0.4, -0.2) is 44.4 Å². The molecule has 1 N–H and O–H groups in total. The van der Waals surface area contributed by atoms with E-state index in [1.165, 1.54) is 6.42 Å². The fourth-order valence-corrected chi connectivity index (χ4v) is 4.49. The molecule has 27 heavy (non-hydrogen) atoms. The molecule has 2 heterocycles. The van der Waals surface area contributed by atoms with Crippen LogP contribution in [0, 0.1) is 0 Å². The van der Waals surface area contributed by atoms with Crippen molar-refractivity contribution in [1.29, 1.82) is 0 Å². The Labute approximate surface area is 159 Å². The standard InChI is InChI=1S/C21H28N4O2/c1-3-13-25-19(26)18-23-16-11-7-8-12-17(16)24(18)14-21(25,2)20(27)22-15-9-5-4-6-10-15/h7-8,11-12,15H,3-6,9-10,13-14H2,1-2H3,(H,22,27). The molecule has 0 bridgehead atoms. The lowest BCUT2D eigenvalue weighted by molar-refractivity contribution is -0.133. The van der Waals surface area contributed by atoms with Crippen molar-refractivity contribution in [3.8, 4) is 0 Å². The van der Waals surface area contributed by atoms with Gasteiger partial charge in [-0.2, -0.15) is 0 Å². The average molecular weight is 368 g/mol. The maximum absolute atomic E-state index is 13.3. The lowest BCUT2D eigenvalue weighted by atomic mass is 9.91.